The Kier molecular flexibility index (Phi) is 10.6. The zero-order valence-corrected chi connectivity index (χ0v) is 37.5. The number of hydrogen-bond acceptors (Lipinski definition) is 1. The van der Waals surface area contributed by atoms with E-state index in [-0.39, 0.29) is 0 Å². The molecule has 0 atom stereocenters. The van der Waals surface area contributed by atoms with Crippen LogP contribution in [0, 0.1) is 0 Å². The van der Waals surface area contributed by atoms with E-state index in [4.69, 9.17) is 0 Å². The fraction of sp³-hybridized carbons (Fsp3) is 0. The summed E-state index contributed by atoms with van der Waals surface area (Å²) >= 11 is 0. The molecule has 0 radical (unpaired) electrons. The van der Waals surface area contributed by atoms with Crippen LogP contribution in [-0.2, 0) is 0 Å². The minimum absolute atomic E-state index is 1.08. The summed E-state index contributed by atoms with van der Waals surface area (Å²) in [6.45, 7) is 0. The Morgan fingerprint density at radius 1 is 0.235 bits per heavy atom. The second-order valence-corrected chi connectivity index (χ2v) is 17.2. The van der Waals surface area contributed by atoms with Gasteiger partial charge in [-0.1, -0.05) is 224 Å². The Morgan fingerprint density at radius 3 is 1.13 bits per heavy atom. The topological polar surface area (TPSA) is 8.17 Å². The van der Waals surface area contributed by atoms with E-state index in [1.807, 2.05) is 0 Å². The molecule has 320 valence electrons. The Morgan fingerprint density at radius 2 is 0.603 bits per heavy atom. The molecule has 12 rings (SSSR count). The lowest BCUT2D eigenvalue weighted by molar-refractivity contribution is 1.18. The molecule has 0 saturated carbocycles. The Bertz CT molecular complexity index is 3660. The largest absolute Gasteiger partial charge is 0.310 e. The van der Waals surface area contributed by atoms with Gasteiger partial charge >= 0.3 is 0 Å². The van der Waals surface area contributed by atoms with Gasteiger partial charge in [0.15, 0.2) is 0 Å². The van der Waals surface area contributed by atoms with Gasteiger partial charge in [0.2, 0.25) is 0 Å². The number of nitrogens with zero attached hydrogens (tertiary/aromatic N) is 2. The van der Waals surface area contributed by atoms with E-state index in [0.29, 0.717) is 0 Å². The summed E-state index contributed by atoms with van der Waals surface area (Å²) in [7, 11) is 0. The molecule has 1 aromatic heterocycles. The van der Waals surface area contributed by atoms with E-state index >= 15 is 0 Å². The molecule has 0 spiro atoms. The van der Waals surface area contributed by atoms with E-state index < -0.39 is 0 Å². The standard InChI is InChI=1S/C66H46N2/c1-3-20-48(21-4-1)55-26-7-9-29-58(55)60-31-11-12-32-61(60)59-30-10-8-27-56(59)50-40-44-53(45-41-50)67(64-35-16-13-28-57(64)49-22-5-2-6-23-49)52-42-38-47(39-43-52)51-24-19-25-54(46-51)68-65-36-17-14-33-62(65)63-34-15-18-37-66(63)68/h1-46H. The smallest absolute Gasteiger partial charge is 0.0541 e. The highest BCUT2D eigenvalue weighted by atomic mass is 15.1. The van der Waals surface area contributed by atoms with Crippen molar-refractivity contribution in [3.63, 3.8) is 0 Å². The van der Waals surface area contributed by atoms with E-state index in [9.17, 15) is 0 Å². The van der Waals surface area contributed by atoms with Crippen LogP contribution in [0.25, 0.3) is 94.3 Å². The molecule has 0 aliphatic heterocycles. The van der Waals surface area contributed by atoms with Crippen LogP contribution in [0.2, 0.25) is 0 Å². The summed E-state index contributed by atoms with van der Waals surface area (Å²) in [5, 5.41) is 2.52. The SMILES string of the molecule is c1ccc(-c2ccccc2-c2ccccc2-c2ccccc2-c2ccc(N(c3ccc(-c4cccc(-n5c6ccccc6c6ccccc65)c4)cc3)c3ccccc3-c3ccccc3)cc2)cc1. The number of hydrogen-bond donors (Lipinski definition) is 0. The van der Waals surface area contributed by atoms with Gasteiger partial charge in [-0.2, -0.15) is 0 Å². The quantitative estimate of drug-likeness (QED) is 0.133. The van der Waals surface area contributed by atoms with Crippen LogP contribution < -0.4 is 4.90 Å². The normalized spacial score (nSPS) is 11.2. The predicted molar refractivity (Wildman–Crippen MR) is 288 cm³/mol. The average Bonchev–Trinajstić information content (AvgIpc) is 3.76. The van der Waals surface area contributed by atoms with Crippen LogP contribution in [0.15, 0.2) is 279 Å². The Hall–Kier alpha value is -8.98. The summed E-state index contributed by atoms with van der Waals surface area (Å²) < 4.78 is 2.39. The van der Waals surface area contributed by atoms with Crippen LogP contribution in [0.3, 0.4) is 0 Å². The zero-order chi connectivity index (χ0) is 45.2. The number of fused-ring (bicyclic) bond motifs is 3. The number of benzene rings is 11. The highest BCUT2D eigenvalue weighted by Crippen LogP contribution is 2.45. The van der Waals surface area contributed by atoms with Gasteiger partial charge in [0, 0.05) is 33.4 Å². The molecule has 0 N–H and O–H groups in total. The van der Waals surface area contributed by atoms with Crippen LogP contribution in [-0.4, -0.2) is 4.57 Å². The molecular weight excluding hydrogens is 821 g/mol. The first kappa shape index (κ1) is 40.5. The minimum atomic E-state index is 1.08. The lowest BCUT2D eigenvalue weighted by atomic mass is 9.87. The third-order valence-corrected chi connectivity index (χ3v) is 13.3. The maximum atomic E-state index is 2.39. The van der Waals surface area contributed by atoms with Crippen molar-refractivity contribution in [2.75, 3.05) is 4.90 Å². The van der Waals surface area contributed by atoms with Crippen molar-refractivity contribution in [2.24, 2.45) is 0 Å². The number of aromatic nitrogens is 1. The van der Waals surface area contributed by atoms with Gasteiger partial charge in [0.05, 0.1) is 16.7 Å². The molecule has 0 amide bonds. The van der Waals surface area contributed by atoms with E-state index in [1.165, 1.54) is 71.9 Å². The van der Waals surface area contributed by atoms with Crippen LogP contribution in [0.1, 0.15) is 0 Å². The van der Waals surface area contributed by atoms with Crippen molar-refractivity contribution < 1.29 is 0 Å². The van der Waals surface area contributed by atoms with Crippen LogP contribution in [0.5, 0.6) is 0 Å². The van der Waals surface area contributed by atoms with E-state index in [0.717, 1.165) is 39.4 Å². The molecule has 0 aliphatic carbocycles. The zero-order valence-electron chi connectivity index (χ0n) is 37.5. The first-order valence-corrected chi connectivity index (χ1v) is 23.3. The van der Waals surface area contributed by atoms with Crippen LogP contribution >= 0.6 is 0 Å². The Balaban J connectivity index is 0.933. The van der Waals surface area contributed by atoms with Crippen molar-refractivity contribution in [1.29, 1.82) is 0 Å². The fourth-order valence-electron chi connectivity index (χ4n) is 10.1. The summed E-state index contributed by atoms with van der Waals surface area (Å²) in [6.07, 6.45) is 0. The Labute approximate surface area is 397 Å². The van der Waals surface area contributed by atoms with Crippen LogP contribution in [0.4, 0.5) is 17.1 Å². The molecule has 1 heterocycles. The van der Waals surface area contributed by atoms with Gasteiger partial charge in [0.25, 0.3) is 0 Å². The van der Waals surface area contributed by atoms with Gasteiger partial charge in [-0.05, 0) is 116 Å². The highest BCUT2D eigenvalue weighted by molar-refractivity contribution is 6.09. The first-order chi connectivity index (χ1) is 33.8. The third-order valence-electron chi connectivity index (χ3n) is 13.3. The summed E-state index contributed by atoms with van der Waals surface area (Å²) in [5.74, 6) is 0. The molecule has 0 saturated heterocycles. The number of para-hydroxylation sites is 3. The van der Waals surface area contributed by atoms with Gasteiger partial charge in [-0.3, -0.25) is 0 Å². The second-order valence-electron chi connectivity index (χ2n) is 17.2. The van der Waals surface area contributed by atoms with E-state index in [2.05, 4.69) is 289 Å². The lowest BCUT2D eigenvalue weighted by Gasteiger charge is -2.28. The summed E-state index contributed by atoms with van der Waals surface area (Å²) in [6, 6.07) is 101. The number of anilines is 3. The van der Waals surface area contributed by atoms with E-state index in [1.54, 1.807) is 0 Å². The number of rotatable bonds is 10. The van der Waals surface area contributed by atoms with Crippen molar-refractivity contribution in [3.05, 3.63) is 279 Å². The maximum absolute atomic E-state index is 2.39. The predicted octanol–water partition coefficient (Wildman–Crippen LogP) is 18.3. The molecule has 0 fully saturated rings. The molecule has 11 aromatic carbocycles. The minimum Gasteiger partial charge on any atom is -0.310 e. The van der Waals surface area contributed by atoms with Gasteiger partial charge in [-0.15, -0.1) is 0 Å². The van der Waals surface area contributed by atoms with Crippen molar-refractivity contribution in [1.82, 2.24) is 4.57 Å². The molecule has 12 aromatic rings. The molecule has 0 aliphatic rings. The first-order valence-electron chi connectivity index (χ1n) is 23.3. The molecule has 0 bridgehead atoms. The van der Waals surface area contributed by atoms with Gasteiger partial charge < -0.3 is 9.47 Å². The monoisotopic (exact) mass is 866 g/mol. The third kappa shape index (κ3) is 7.45. The molecule has 0 unspecified atom stereocenters. The van der Waals surface area contributed by atoms with Crippen molar-refractivity contribution in [2.45, 2.75) is 0 Å². The molecular formula is C66H46N2. The fourth-order valence-corrected chi connectivity index (χ4v) is 10.1. The highest BCUT2D eigenvalue weighted by Gasteiger charge is 2.20. The summed E-state index contributed by atoms with van der Waals surface area (Å²) in [5.41, 5.74) is 21.1. The van der Waals surface area contributed by atoms with Gasteiger partial charge in [-0.25, -0.2) is 0 Å². The summed E-state index contributed by atoms with van der Waals surface area (Å²) in [4.78, 5) is 2.39. The van der Waals surface area contributed by atoms with Crippen molar-refractivity contribution >= 4 is 38.9 Å². The lowest BCUT2D eigenvalue weighted by Crippen LogP contribution is -2.11. The molecule has 68 heavy (non-hydrogen) atoms. The van der Waals surface area contributed by atoms with Crippen molar-refractivity contribution in [3.8, 4) is 72.4 Å². The second kappa shape index (κ2) is 17.8. The molecule has 2 heteroatoms. The molecule has 2 nitrogen and oxygen atoms in total. The average molecular weight is 867 g/mol. The van der Waals surface area contributed by atoms with Gasteiger partial charge in [0.1, 0.15) is 0 Å². The maximum Gasteiger partial charge on any atom is 0.0541 e.